The second-order valence-electron chi connectivity index (χ2n) is 18.0. The lowest BCUT2D eigenvalue weighted by molar-refractivity contribution is 0.600. The van der Waals surface area contributed by atoms with Gasteiger partial charge in [-0.1, -0.05) is 224 Å². The van der Waals surface area contributed by atoms with Crippen LogP contribution in [0.5, 0.6) is 0 Å². The van der Waals surface area contributed by atoms with Crippen LogP contribution in [-0.4, -0.2) is 9.97 Å². The molecule has 4 aliphatic carbocycles. The molecule has 0 spiro atoms. The Kier molecular flexibility index (Phi) is 8.91. The van der Waals surface area contributed by atoms with E-state index in [4.69, 9.17) is 9.97 Å². The van der Waals surface area contributed by atoms with Gasteiger partial charge in [-0.15, -0.1) is 0 Å². The highest BCUT2D eigenvalue weighted by Gasteiger charge is 2.51. The van der Waals surface area contributed by atoms with E-state index >= 15 is 0 Å². The van der Waals surface area contributed by atoms with Gasteiger partial charge in [0.05, 0.1) is 11.4 Å². The van der Waals surface area contributed by atoms with Crippen molar-refractivity contribution in [3.05, 3.63) is 253 Å². The van der Waals surface area contributed by atoms with Crippen molar-refractivity contribution >= 4 is 21.9 Å². The first-order valence-corrected chi connectivity index (χ1v) is 23.0. The molecule has 0 aliphatic heterocycles. The normalized spacial score (nSPS) is 18.9. The number of benzene rings is 8. The summed E-state index contributed by atoms with van der Waals surface area (Å²) in [6.07, 6.45) is 13.2. The Labute approximate surface area is 380 Å². The van der Waals surface area contributed by atoms with Gasteiger partial charge in [-0.2, -0.15) is 0 Å². The molecule has 4 unspecified atom stereocenters. The van der Waals surface area contributed by atoms with Crippen LogP contribution in [0.2, 0.25) is 0 Å². The maximum absolute atomic E-state index is 5.27. The number of rotatable bonds is 7. The molecule has 1 aromatic heterocycles. The maximum Gasteiger partial charge on any atom is 0.160 e. The molecule has 0 saturated heterocycles. The number of hydrogen-bond acceptors (Lipinski definition) is 2. The Bertz CT molecular complexity index is 3320. The predicted molar refractivity (Wildman–Crippen MR) is 270 cm³/mol. The molecule has 1 saturated carbocycles. The monoisotopic (exact) mass is 828 g/mol. The molecule has 65 heavy (non-hydrogen) atoms. The van der Waals surface area contributed by atoms with Crippen LogP contribution in [0.3, 0.4) is 0 Å². The summed E-state index contributed by atoms with van der Waals surface area (Å²) >= 11 is 0. The van der Waals surface area contributed by atoms with E-state index in [9.17, 15) is 0 Å². The molecular weight excluding hydrogens is 785 g/mol. The van der Waals surface area contributed by atoms with Crippen molar-refractivity contribution in [3.63, 3.8) is 0 Å². The Morgan fingerprint density at radius 3 is 1.60 bits per heavy atom. The van der Waals surface area contributed by atoms with Crippen molar-refractivity contribution in [3.8, 4) is 67.3 Å². The SMILES string of the molecule is C1=CC2C(c3ccc(-c4cc(-c5ccc(-c6ccccc6)cc5)nc(-c5ccc(-c6ccccc6)cc5)n4)cc3)=CC3=C(C2C=C1)C1CC1c1cccc(-c2cccc4ccccc24)c13. The van der Waals surface area contributed by atoms with Crippen LogP contribution in [-0.2, 0) is 0 Å². The Hall–Kier alpha value is -7.94. The number of hydrogen-bond donors (Lipinski definition) is 0. The summed E-state index contributed by atoms with van der Waals surface area (Å²) < 4.78 is 0. The quantitative estimate of drug-likeness (QED) is 0.160. The number of allylic oxidation sites excluding steroid dienone is 8. The minimum Gasteiger partial charge on any atom is -0.228 e. The van der Waals surface area contributed by atoms with Gasteiger partial charge in [0.15, 0.2) is 5.82 Å². The van der Waals surface area contributed by atoms with Crippen molar-refractivity contribution in [2.75, 3.05) is 0 Å². The van der Waals surface area contributed by atoms with Crippen molar-refractivity contribution in [2.45, 2.75) is 12.3 Å². The van der Waals surface area contributed by atoms with E-state index in [0.717, 1.165) is 28.1 Å². The highest BCUT2D eigenvalue weighted by molar-refractivity contribution is 6.04. The zero-order valence-electron chi connectivity index (χ0n) is 35.9. The van der Waals surface area contributed by atoms with Gasteiger partial charge >= 0.3 is 0 Å². The fourth-order valence-corrected chi connectivity index (χ4v) is 11.0. The van der Waals surface area contributed by atoms with Gasteiger partial charge in [-0.3, -0.25) is 0 Å². The molecule has 0 amide bonds. The average Bonchev–Trinajstić information content (AvgIpc) is 4.20. The van der Waals surface area contributed by atoms with Crippen LogP contribution in [0.15, 0.2) is 236 Å². The van der Waals surface area contributed by atoms with Gasteiger partial charge in [0.1, 0.15) is 0 Å². The zero-order valence-corrected chi connectivity index (χ0v) is 35.9. The van der Waals surface area contributed by atoms with Crippen molar-refractivity contribution < 1.29 is 0 Å². The average molecular weight is 829 g/mol. The summed E-state index contributed by atoms with van der Waals surface area (Å²) in [6, 6.07) is 72.4. The Morgan fingerprint density at radius 2 is 0.923 bits per heavy atom. The number of nitrogens with zero attached hydrogens (tertiary/aromatic N) is 2. The molecule has 306 valence electrons. The molecule has 2 nitrogen and oxygen atoms in total. The molecule has 2 heteroatoms. The fourth-order valence-electron chi connectivity index (χ4n) is 11.0. The molecule has 13 rings (SSSR count). The van der Waals surface area contributed by atoms with Crippen molar-refractivity contribution in [1.82, 2.24) is 9.97 Å². The Balaban J connectivity index is 0.907. The summed E-state index contributed by atoms with van der Waals surface area (Å²) in [5.41, 5.74) is 20.9. The van der Waals surface area contributed by atoms with Gasteiger partial charge < -0.3 is 0 Å². The number of fused-ring (bicyclic) bond motifs is 8. The smallest absolute Gasteiger partial charge is 0.160 e. The topological polar surface area (TPSA) is 25.8 Å². The van der Waals surface area contributed by atoms with Crippen molar-refractivity contribution in [2.24, 2.45) is 17.8 Å². The van der Waals surface area contributed by atoms with Crippen LogP contribution in [0.4, 0.5) is 0 Å². The molecule has 1 heterocycles. The van der Waals surface area contributed by atoms with Crippen LogP contribution in [0.25, 0.3) is 89.2 Å². The molecule has 4 aliphatic rings. The summed E-state index contributed by atoms with van der Waals surface area (Å²) in [6.45, 7) is 0. The van der Waals surface area contributed by atoms with Gasteiger partial charge in [-0.05, 0) is 102 Å². The molecular formula is C63H44N2. The van der Waals surface area contributed by atoms with Crippen LogP contribution in [0.1, 0.15) is 29.0 Å². The van der Waals surface area contributed by atoms with Gasteiger partial charge in [0.2, 0.25) is 0 Å². The minimum absolute atomic E-state index is 0.284. The van der Waals surface area contributed by atoms with Crippen molar-refractivity contribution in [1.29, 1.82) is 0 Å². The largest absolute Gasteiger partial charge is 0.228 e. The second-order valence-corrected chi connectivity index (χ2v) is 18.0. The maximum atomic E-state index is 5.27. The molecule has 4 atom stereocenters. The lowest BCUT2D eigenvalue weighted by atomic mass is 9.66. The molecule has 8 aromatic carbocycles. The van der Waals surface area contributed by atoms with Crippen LogP contribution in [0, 0.1) is 17.8 Å². The van der Waals surface area contributed by atoms with Crippen LogP contribution >= 0.6 is 0 Å². The summed E-state index contributed by atoms with van der Waals surface area (Å²) in [4.78, 5) is 10.5. The first-order chi connectivity index (χ1) is 32.2. The van der Waals surface area contributed by atoms with Gasteiger partial charge in [-0.25, -0.2) is 9.97 Å². The van der Waals surface area contributed by atoms with E-state index in [2.05, 4.69) is 231 Å². The van der Waals surface area contributed by atoms with E-state index in [0.29, 0.717) is 23.6 Å². The lowest BCUT2D eigenvalue weighted by Crippen LogP contribution is -2.24. The molecule has 0 radical (unpaired) electrons. The first kappa shape index (κ1) is 37.6. The lowest BCUT2D eigenvalue weighted by Gasteiger charge is -2.38. The third-order valence-corrected chi connectivity index (χ3v) is 14.3. The Morgan fingerprint density at radius 1 is 0.400 bits per heavy atom. The van der Waals surface area contributed by atoms with Gasteiger partial charge in [0, 0.05) is 28.5 Å². The third-order valence-electron chi connectivity index (χ3n) is 14.3. The summed E-state index contributed by atoms with van der Waals surface area (Å²) in [7, 11) is 0. The van der Waals surface area contributed by atoms with E-state index in [1.54, 1.807) is 5.57 Å². The van der Waals surface area contributed by atoms with E-state index < -0.39 is 0 Å². The highest BCUT2D eigenvalue weighted by atomic mass is 14.9. The minimum atomic E-state index is 0.284. The van der Waals surface area contributed by atoms with E-state index in [-0.39, 0.29) is 5.92 Å². The first-order valence-electron chi connectivity index (χ1n) is 23.0. The molecule has 9 aromatic rings. The highest BCUT2D eigenvalue weighted by Crippen LogP contribution is 2.65. The molecule has 0 N–H and O–H groups in total. The summed E-state index contributed by atoms with van der Waals surface area (Å²) in [5, 5.41) is 2.59. The van der Waals surface area contributed by atoms with Crippen LogP contribution < -0.4 is 0 Å². The fraction of sp³-hybridized carbons (Fsp3) is 0.0794. The standard InChI is InChI=1S/C63H44N2/c1-3-13-40(14-4-1)42-25-31-46(32-26-42)59-39-60(65-63(64-59)48-35-27-43(28-36-48)41-15-5-2-6-16-41)47-33-29-45(30-34-47)55-37-58-61-53(50-22-11-18-44-17-7-8-19-49(44)50)23-12-24-54(61)56-38-57(56)62(58)52-21-10-9-20-51(52)55/h1-37,39,51-52,56-57H,38H2. The zero-order chi connectivity index (χ0) is 42.8. The number of aromatic nitrogens is 2. The van der Waals surface area contributed by atoms with E-state index in [1.165, 1.54) is 78.4 Å². The predicted octanol–water partition coefficient (Wildman–Crippen LogP) is 16.0. The van der Waals surface area contributed by atoms with E-state index in [1.807, 2.05) is 0 Å². The molecule has 0 bridgehead atoms. The summed E-state index contributed by atoms with van der Waals surface area (Å²) in [5.74, 6) is 2.54. The third kappa shape index (κ3) is 6.56. The second kappa shape index (κ2) is 15.4. The molecule has 1 fully saturated rings. The van der Waals surface area contributed by atoms with Gasteiger partial charge in [0.25, 0.3) is 0 Å².